The van der Waals surface area contributed by atoms with Crippen molar-refractivity contribution in [2.45, 2.75) is 39.3 Å². The lowest BCUT2D eigenvalue weighted by molar-refractivity contribution is -0.142. The Bertz CT molecular complexity index is 811. The Labute approximate surface area is 159 Å². The number of aryl methyl sites for hydroxylation is 2. The first kappa shape index (κ1) is 19.2. The van der Waals surface area contributed by atoms with Gasteiger partial charge in [0.1, 0.15) is 5.76 Å². The quantitative estimate of drug-likeness (QED) is 0.720. The number of carbonyl (C=O) groups excluding carboxylic acids is 1. The third kappa shape index (κ3) is 3.78. The van der Waals surface area contributed by atoms with Crippen LogP contribution in [0.1, 0.15) is 40.6 Å². The first-order valence-electron chi connectivity index (χ1n) is 8.95. The van der Waals surface area contributed by atoms with Gasteiger partial charge < -0.3 is 18.7 Å². The summed E-state index contributed by atoms with van der Waals surface area (Å²) in [6.45, 7) is 5.33. The fourth-order valence-corrected chi connectivity index (χ4v) is 3.68. The first-order valence-corrected chi connectivity index (χ1v) is 8.95. The highest BCUT2D eigenvalue weighted by molar-refractivity contribution is 5.70. The van der Waals surface area contributed by atoms with Gasteiger partial charge in [0.05, 0.1) is 33.4 Å². The summed E-state index contributed by atoms with van der Waals surface area (Å²) in [5.41, 5.74) is 4.17. The van der Waals surface area contributed by atoms with Crippen LogP contribution in [0.3, 0.4) is 0 Å². The molecule has 0 unspecified atom stereocenters. The Morgan fingerprint density at radius 2 is 1.93 bits per heavy atom. The van der Waals surface area contributed by atoms with Crippen molar-refractivity contribution in [2.24, 2.45) is 0 Å². The average molecular weight is 374 g/mol. The second kappa shape index (κ2) is 8.00. The number of rotatable bonds is 6. The number of hydrogen-bond donors (Lipinski definition) is 0. The third-order valence-electron chi connectivity index (χ3n) is 5.24. The monoisotopic (exact) mass is 374 g/mol. The number of fused-ring (bicyclic) bond motifs is 1. The number of aromatic nitrogens is 1. The number of nitrogens with zero attached hydrogens (tertiary/aromatic N) is 2. The Morgan fingerprint density at radius 3 is 2.52 bits per heavy atom. The lowest BCUT2D eigenvalue weighted by Gasteiger charge is -2.37. The van der Waals surface area contributed by atoms with E-state index in [9.17, 15) is 4.79 Å². The summed E-state index contributed by atoms with van der Waals surface area (Å²) < 4.78 is 21.2. The molecule has 0 N–H and O–H groups in total. The molecule has 1 aliphatic heterocycles. The second-order valence-electron chi connectivity index (χ2n) is 6.73. The maximum atomic E-state index is 12.1. The van der Waals surface area contributed by atoms with E-state index in [2.05, 4.69) is 10.1 Å². The van der Waals surface area contributed by atoms with E-state index in [1.807, 2.05) is 26.0 Å². The van der Waals surface area contributed by atoms with Gasteiger partial charge in [-0.3, -0.25) is 9.69 Å². The van der Waals surface area contributed by atoms with Crippen LogP contribution in [-0.4, -0.2) is 43.9 Å². The minimum absolute atomic E-state index is 0.116. The van der Waals surface area contributed by atoms with Crippen molar-refractivity contribution in [1.29, 1.82) is 0 Å². The molecule has 7 nitrogen and oxygen atoms in total. The van der Waals surface area contributed by atoms with Crippen LogP contribution in [0.5, 0.6) is 11.5 Å². The molecular formula is C20H26N2O5. The SMILES string of the molecule is COC(=O)C[C@H]1c2cc(OC)c(OC)cc2CCN1Cc1c(C)noc1C. The van der Waals surface area contributed by atoms with Crippen molar-refractivity contribution in [2.75, 3.05) is 27.9 Å². The number of carbonyl (C=O) groups is 1. The molecule has 0 amide bonds. The van der Waals surface area contributed by atoms with Crippen LogP contribution in [0.4, 0.5) is 0 Å². The van der Waals surface area contributed by atoms with Crippen LogP contribution in [0.2, 0.25) is 0 Å². The molecule has 0 saturated carbocycles. The van der Waals surface area contributed by atoms with E-state index < -0.39 is 0 Å². The molecule has 7 heteroatoms. The van der Waals surface area contributed by atoms with Crippen LogP contribution in [0.15, 0.2) is 16.7 Å². The van der Waals surface area contributed by atoms with Crippen molar-refractivity contribution in [3.05, 3.63) is 40.3 Å². The fourth-order valence-electron chi connectivity index (χ4n) is 3.68. The maximum absolute atomic E-state index is 12.1. The molecule has 1 aromatic heterocycles. The molecule has 146 valence electrons. The Kier molecular flexibility index (Phi) is 5.70. The number of benzene rings is 1. The molecule has 0 spiro atoms. The zero-order valence-electron chi connectivity index (χ0n) is 16.5. The summed E-state index contributed by atoms with van der Waals surface area (Å²) in [6, 6.07) is 3.86. The lowest BCUT2D eigenvalue weighted by atomic mass is 9.89. The summed E-state index contributed by atoms with van der Waals surface area (Å²) in [7, 11) is 4.66. The van der Waals surface area contributed by atoms with Gasteiger partial charge in [-0.2, -0.15) is 0 Å². The topological polar surface area (TPSA) is 74.0 Å². The van der Waals surface area contributed by atoms with Gasteiger partial charge in [-0.1, -0.05) is 5.16 Å². The van der Waals surface area contributed by atoms with Gasteiger partial charge in [-0.15, -0.1) is 0 Å². The predicted octanol–water partition coefficient (Wildman–Crippen LogP) is 2.97. The Hall–Kier alpha value is -2.54. The average Bonchev–Trinajstić information content (AvgIpc) is 3.00. The van der Waals surface area contributed by atoms with Crippen LogP contribution in [0.25, 0.3) is 0 Å². The molecule has 3 rings (SSSR count). The van der Waals surface area contributed by atoms with Gasteiger partial charge in [-0.05, 0) is 43.5 Å². The van der Waals surface area contributed by atoms with Crippen LogP contribution < -0.4 is 9.47 Å². The van der Waals surface area contributed by atoms with Crippen LogP contribution in [-0.2, 0) is 22.5 Å². The van der Waals surface area contributed by atoms with E-state index in [-0.39, 0.29) is 18.4 Å². The van der Waals surface area contributed by atoms with Gasteiger partial charge in [0.25, 0.3) is 0 Å². The number of methoxy groups -OCH3 is 3. The van der Waals surface area contributed by atoms with Gasteiger partial charge in [0.2, 0.25) is 0 Å². The molecule has 0 bridgehead atoms. The minimum atomic E-state index is -0.244. The molecule has 27 heavy (non-hydrogen) atoms. The van der Waals surface area contributed by atoms with E-state index in [4.69, 9.17) is 18.7 Å². The summed E-state index contributed by atoms with van der Waals surface area (Å²) >= 11 is 0. The molecular weight excluding hydrogens is 348 g/mol. The first-order chi connectivity index (χ1) is 13.0. The zero-order chi connectivity index (χ0) is 19.6. The van der Waals surface area contributed by atoms with Gasteiger partial charge >= 0.3 is 5.97 Å². The van der Waals surface area contributed by atoms with Crippen LogP contribution >= 0.6 is 0 Å². The van der Waals surface area contributed by atoms with Crippen molar-refractivity contribution in [3.8, 4) is 11.5 Å². The molecule has 1 atom stereocenters. The second-order valence-corrected chi connectivity index (χ2v) is 6.73. The summed E-state index contributed by atoms with van der Waals surface area (Å²) in [6.07, 6.45) is 1.12. The highest BCUT2D eigenvalue weighted by atomic mass is 16.5. The van der Waals surface area contributed by atoms with Crippen molar-refractivity contribution in [1.82, 2.24) is 10.1 Å². The molecule has 0 radical (unpaired) electrons. The van der Waals surface area contributed by atoms with Gasteiger partial charge in [0, 0.05) is 24.7 Å². The largest absolute Gasteiger partial charge is 0.493 e. The van der Waals surface area contributed by atoms with E-state index in [0.717, 1.165) is 41.1 Å². The maximum Gasteiger partial charge on any atom is 0.307 e. The van der Waals surface area contributed by atoms with Gasteiger partial charge in [-0.25, -0.2) is 0 Å². The molecule has 2 heterocycles. The van der Waals surface area contributed by atoms with E-state index >= 15 is 0 Å². The normalized spacial score (nSPS) is 16.7. The smallest absolute Gasteiger partial charge is 0.307 e. The summed E-state index contributed by atoms with van der Waals surface area (Å²) in [5.74, 6) is 1.92. The fraction of sp³-hybridized carbons (Fsp3) is 0.500. The van der Waals surface area contributed by atoms with Crippen LogP contribution in [0, 0.1) is 13.8 Å². The molecule has 1 aromatic carbocycles. The summed E-state index contributed by atoms with van der Waals surface area (Å²) in [5, 5.41) is 4.05. The minimum Gasteiger partial charge on any atom is -0.493 e. The number of hydrogen-bond acceptors (Lipinski definition) is 7. The van der Waals surface area contributed by atoms with Crippen molar-refractivity contribution >= 4 is 5.97 Å². The standard InChI is InChI=1S/C20H26N2O5/c1-12-16(13(2)27-21-12)11-22-7-6-14-8-18(24-3)19(25-4)9-15(14)17(22)10-20(23)26-5/h8-9,17H,6-7,10-11H2,1-5H3/t17-/m0/s1. The number of esters is 1. The molecule has 2 aromatic rings. The molecule has 0 saturated heterocycles. The Morgan fingerprint density at radius 1 is 1.22 bits per heavy atom. The van der Waals surface area contributed by atoms with Gasteiger partial charge in [0.15, 0.2) is 11.5 Å². The highest BCUT2D eigenvalue weighted by Crippen LogP contribution is 2.40. The lowest BCUT2D eigenvalue weighted by Crippen LogP contribution is -2.36. The summed E-state index contributed by atoms with van der Waals surface area (Å²) in [4.78, 5) is 14.4. The molecule has 0 aliphatic carbocycles. The van der Waals surface area contributed by atoms with Crippen molar-refractivity contribution in [3.63, 3.8) is 0 Å². The predicted molar refractivity (Wildman–Crippen MR) is 99.0 cm³/mol. The van der Waals surface area contributed by atoms with E-state index in [1.165, 1.54) is 7.11 Å². The number of ether oxygens (including phenoxy) is 3. The highest BCUT2D eigenvalue weighted by Gasteiger charge is 2.32. The Balaban J connectivity index is 1.99. The van der Waals surface area contributed by atoms with Crippen molar-refractivity contribution < 1.29 is 23.5 Å². The van der Waals surface area contributed by atoms with E-state index in [1.54, 1.807) is 14.2 Å². The molecule has 1 aliphatic rings. The molecule has 0 fully saturated rings. The third-order valence-corrected chi connectivity index (χ3v) is 5.24. The van der Waals surface area contributed by atoms with E-state index in [0.29, 0.717) is 18.0 Å². The zero-order valence-corrected chi connectivity index (χ0v) is 16.5.